The fourth-order valence-corrected chi connectivity index (χ4v) is 3.34. The largest absolute Gasteiger partial charge is 0.364 e. The lowest BCUT2D eigenvalue weighted by Crippen LogP contribution is -2.46. The molecule has 0 N–H and O–H groups in total. The van der Waals surface area contributed by atoms with Crippen LogP contribution in [0.2, 0.25) is 0 Å². The molecule has 0 aromatic heterocycles. The Labute approximate surface area is 149 Å². The molecule has 3 rings (SSSR count). The van der Waals surface area contributed by atoms with Gasteiger partial charge >= 0.3 is 0 Å². The summed E-state index contributed by atoms with van der Waals surface area (Å²) in [6.07, 6.45) is 1.60. The van der Waals surface area contributed by atoms with E-state index >= 15 is 0 Å². The molecular formula is C20H25N3O2. The maximum absolute atomic E-state index is 13.0. The monoisotopic (exact) mass is 339 g/mol. The summed E-state index contributed by atoms with van der Waals surface area (Å²) in [5, 5.41) is 0. The molecule has 2 aliphatic heterocycles. The van der Waals surface area contributed by atoms with E-state index < -0.39 is 0 Å². The van der Waals surface area contributed by atoms with Crippen LogP contribution in [0.1, 0.15) is 16.7 Å². The molecule has 2 aliphatic rings. The lowest BCUT2D eigenvalue weighted by Gasteiger charge is -2.34. The fourth-order valence-electron chi connectivity index (χ4n) is 3.34. The van der Waals surface area contributed by atoms with Crippen LogP contribution in [0, 0.1) is 13.8 Å². The first-order valence-corrected chi connectivity index (χ1v) is 8.66. The van der Waals surface area contributed by atoms with E-state index in [-0.39, 0.29) is 18.4 Å². The number of carbonyl (C=O) groups excluding carboxylic acids is 2. The zero-order chi connectivity index (χ0) is 18.1. The number of aryl methyl sites for hydroxylation is 2. The van der Waals surface area contributed by atoms with E-state index in [1.165, 1.54) is 10.5 Å². The van der Waals surface area contributed by atoms with Crippen LogP contribution in [0.25, 0.3) is 5.57 Å². The lowest BCUT2D eigenvalue weighted by atomic mass is 9.99. The minimum atomic E-state index is -0.220. The Hall–Kier alpha value is -2.40. The Morgan fingerprint density at radius 1 is 1.04 bits per heavy atom. The molecule has 1 saturated heterocycles. The van der Waals surface area contributed by atoms with Gasteiger partial charge in [-0.15, -0.1) is 6.58 Å². The maximum Gasteiger partial charge on any atom is 0.278 e. The third-order valence-electron chi connectivity index (χ3n) is 5.07. The van der Waals surface area contributed by atoms with Crippen LogP contribution < -0.4 is 0 Å². The van der Waals surface area contributed by atoms with Crippen molar-refractivity contribution in [1.29, 1.82) is 0 Å². The molecule has 2 amide bonds. The summed E-state index contributed by atoms with van der Waals surface area (Å²) in [6, 6.07) is 5.95. The molecule has 0 spiro atoms. The number of imide groups is 1. The van der Waals surface area contributed by atoms with Crippen molar-refractivity contribution in [1.82, 2.24) is 14.7 Å². The molecule has 5 heteroatoms. The maximum atomic E-state index is 13.0. The van der Waals surface area contributed by atoms with Crippen LogP contribution >= 0.6 is 0 Å². The molecule has 0 aliphatic carbocycles. The molecule has 0 bridgehead atoms. The van der Waals surface area contributed by atoms with Gasteiger partial charge in [0.05, 0.1) is 5.57 Å². The minimum absolute atomic E-state index is 0.206. The fraction of sp³-hybridized carbons (Fsp3) is 0.400. The lowest BCUT2D eigenvalue weighted by molar-refractivity contribution is -0.137. The number of rotatable bonds is 4. The SMILES string of the molecule is C=CCN1C(=O)C(c2ccc(C)c(C)c2)=C(N2CCN(C)CC2)C1=O. The number of nitrogens with zero attached hydrogens (tertiary/aromatic N) is 3. The highest BCUT2D eigenvalue weighted by atomic mass is 16.2. The van der Waals surface area contributed by atoms with Gasteiger partial charge in [-0.25, -0.2) is 0 Å². The molecule has 0 atom stereocenters. The topological polar surface area (TPSA) is 43.9 Å². The van der Waals surface area contributed by atoms with E-state index in [0.717, 1.165) is 37.3 Å². The molecule has 2 heterocycles. The highest BCUT2D eigenvalue weighted by molar-refractivity contribution is 6.35. The zero-order valence-corrected chi connectivity index (χ0v) is 15.2. The number of likely N-dealkylation sites (N-methyl/N-ethyl adjacent to an activating group) is 1. The van der Waals surface area contributed by atoms with Crippen LogP contribution in [-0.4, -0.2) is 66.3 Å². The van der Waals surface area contributed by atoms with Gasteiger partial charge in [0, 0.05) is 32.7 Å². The van der Waals surface area contributed by atoms with Crippen LogP contribution in [-0.2, 0) is 9.59 Å². The summed E-state index contributed by atoms with van der Waals surface area (Å²) in [4.78, 5) is 31.5. The van der Waals surface area contributed by atoms with Crippen LogP contribution in [0.3, 0.4) is 0 Å². The summed E-state index contributed by atoms with van der Waals surface area (Å²) in [5.74, 6) is -0.426. The first-order valence-electron chi connectivity index (χ1n) is 8.66. The summed E-state index contributed by atoms with van der Waals surface area (Å²) in [5.41, 5.74) is 4.18. The van der Waals surface area contributed by atoms with Gasteiger partial charge in [0.1, 0.15) is 5.70 Å². The molecule has 25 heavy (non-hydrogen) atoms. The van der Waals surface area contributed by atoms with Gasteiger partial charge in [0.2, 0.25) is 0 Å². The second-order valence-corrected chi connectivity index (χ2v) is 6.82. The highest BCUT2D eigenvalue weighted by Gasteiger charge is 2.41. The van der Waals surface area contributed by atoms with Crippen molar-refractivity contribution < 1.29 is 9.59 Å². The van der Waals surface area contributed by atoms with E-state index in [1.54, 1.807) is 6.08 Å². The number of piperazine rings is 1. The number of amides is 2. The van der Waals surface area contributed by atoms with Crippen molar-refractivity contribution in [2.24, 2.45) is 0 Å². The van der Waals surface area contributed by atoms with Gasteiger partial charge in [0.15, 0.2) is 0 Å². The molecule has 1 aromatic rings. The predicted octanol–water partition coefficient (Wildman–Crippen LogP) is 1.82. The standard InChI is InChI=1S/C20H25N3O2/c1-5-8-23-19(24)17(16-7-6-14(2)15(3)13-16)18(20(23)25)22-11-9-21(4)10-12-22/h5-7,13H,1,8-12H2,2-4H3. The van der Waals surface area contributed by atoms with Gasteiger partial charge in [-0.2, -0.15) is 0 Å². The Balaban J connectivity index is 2.08. The number of hydrogen-bond donors (Lipinski definition) is 0. The first-order chi connectivity index (χ1) is 11.9. The Bertz CT molecular complexity index is 758. The van der Waals surface area contributed by atoms with Crippen molar-refractivity contribution in [3.05, 3.63) is 53.2 Å². The molecular weight excluding hydrogens is 314 g/mol. The molecule has 132 valence electrons. The van der Waals surface area contributed by atoms with Crippen LogP contribution in [0.15, 0.2) is 36.6 Å². The number of carbonyl (C=O) groups is 2. The predicted molar refractivity (Wildman–Crippen MR) is 98.8 cm³/mol. The van der Waals surface area contributed by atoms with Gasteiger partial charge in [0.25, 0.3) is 11.8 Å². The second-order valence-electron chi connectivity index (χ2n) is 6.82. The number of hydrogen-bond acceptors (Lipinski definition) is 4. The van der Waals surface area contributed by atoms with Crippen molar-refractivity contribution in [2.75, 3.05) is 39.8 Å². The van der Waals surface area contributed by atoms with Crippen LogP contribution in [0.4, 0.5) is 0 Å². The Morgan fingerprint density at radius 3 is 2.32 bits per heavy atom. The third kappa shape index (κ3) is 3.12. The minimum Gasteiger partial charge on any atom is -0.364 e. The second kappa shape index (κ2) is 6.84. The van der Waals surface area contributed by atoms with Crippen molar-refractivity contribution in [3.8, 4) is 0 Å². The highest BCUT2D eigenvalue weighted by Crippen LogP contribution is 2.32. The molecule has 0 unspecified atom stereocenters. The van der Waals surface area contributed by atoms with Crippen molar-refractivity contribution in [3.63, 3.8) is 0 Å². The zero-order valence-electron chi connectivity index (χ0n) is 15.2. The van der Waals surface area contributed by atoms with Gasteiger partial charge in [-0.1, -0.05) is 24.3 Å². The van der Waals surface area contributed by atoms with E-state index in [9.17, 15) is 9.59 Å². The average molecular weight is 339 g/mol. The van der Waals surface area contributed by atoms with Crippen LogP contribution in [0.5, 0.6) is 0 Å². The molecule has 5 nitrogen and oxygen atoms in total. The van der Waals surface area contributed by atoms with Crippen molar-refractivity contribution in [2.45, 2.75) is 13.8 Å². The third-order valence-corrected chi connectivity index (χ3v) is 5.07. The van der Waals surface area contributed by atoms with Gasteiger partial charge in [-0.05, 0) is 37.6 Å². The molecule has 1 aromatic carbocycles. The molecule has 0 saturated carbocycles. The first kappa shape index (κ1) is 17.4. The van der Waals surface area contributed by atoms with E-state index in [4.69, 9.17) is 0 Å². The van der Waals surface area contributed by atoms with Gasteiger partial charge < -0.3 is 9.80 Å². The van der Waals surface area contributed by atoms with E-state index in [1.807, 2.05) is 32.0 Å². The Kier molecular flexibility index (Phi) is 4.77. The average Bonchev–Trinajstić information content (AvgIpc) is 2.83. The summed E-state index contributed by atoms with van der Waals surface area (Å²) < 4.78 is 0. The quantitative estimate of drug-likeness (QED) is 0.620. The smallest absolute Gasteiger partial charge is 0.278 e. The van der Waals surface area contributed by atoms with E-state index in [2.05, 4.69) is 23.4 Å². The Morgan fingerprint density at radius 2 is 1.72 bits per heavy atom. The van der Waals surface area contributed by atoms with Crippen molar-refractivity contribution >= 4 is 17.4 Å². The summed E-state index contributed by atoms with van der Waals surface area (Å²) >= 11 is 0. The number of benzene rings is 1. The molecule has 0 radical (unpaired) electrons. The molecule has 1 fully saturated rings. The summed E-state index contributed by atoms with van der Waals surface area (Å²) in [7, 11) is 2.07. The van der Waals surface area contributed by atoms with E-state index in [0.29, 0.717) is 11.3 Å². The normalized spacial score (nSPS) is 19.2. The summed E-state index contributed by atoms with van der Waals surface area (Å²) in [6.45, 7) is 11.3. The van der Waals surface area contributed by atoms with Gasteiger partial charge in [-0.3, -0.25) is 14.5 Å².